The number of hydrogen-bond acceptors (Lipinski definition) is 5. The minimum absolute atomic E-state index is 0.0961. The summed E-state index contributed by atoms with van der Waals surface area (Å²) in [7, 11) is 0. The van der Waals surface area contributed by atoms with E-state index in [1.807, 2.05) is 0 Å². The summed E-state index contributed by atoms with van der Waals surface area (Å²) in [5.41, 5.74) is 0.714. The number of amides is 1. The third-order valence-electron chi connectivity index (χ3n) is 4.91. The van der Waals surface area contributed by atoms with Crippen LogP contribution in [-0.4, -0.2) is 41.9 Å². The van der Waals surface area contributed by atoms with Gasteiger partial charge in [0.2, 0.25) is 0 Å². The van der Waals surface area contributed by atoms with Crippen LogP contribution in [0.4, 0.5) is 13.2 Å². The average molecular weight is 402 g/mol. The summed E-state index contributed by atoms with van der Waals surface area (Å²) in [6, 6.07) is 2.85. The predicted octanol–water partition coefficient (Wildman–Crippen LogP) is 2.85. The Labute approximate surface area is 161 Å². The molecule has 0 aliphatic carbocycles. The number of alkyl halides is 3. The van der Waals surface area contributed by atoms with Gasteiger partial charge in [0, 0.05) is 24.9 Å². The van der Waals surface area contributed by atoms with E-state index < -0.39 is 23.7 Å². The van der Waals surface area contributed by atoms with Crippen molar-refractivity contribution in [2.45, 2.75) is 18.6 Å². The molecule has 4 aromatic rings. The summed E-state index contributed by atoms with van der Waals surface area (Å²) < 4.78 is 46.5. The fraction of sp³-hybridized carbons (Fsp3) is 0.222. The van der Waals surface area contributed by atoms with Crippen LogP contribution < -0.4 is 0 Å². The maximum atomic E-state index is 13.4. The molecule has 0 unspecified atom stereocenters. The number of nitrogens with zero attached hydrogens (tertiary/aromatic N) is 5. The predicted molar refractivity (Wildman–Crippen MR) is 91.9 cm³/mol. The number of carbonyl (C=O) groups is 1. The highest BCUT2D eigenvalue weighted by molar-refractivity contribution is 5.90. The van der Waals surface area contributed by atoms with Crippen LogP contribution in [0, 0.1) is 0 Å². The number of imidazole rings is 1. The number of fused-ring (bicyclic) bond motifs is 2. The largest absolute Gasteiger partial charge is 0.441 e. The molecule has 0 spiro atoms. The first-order valence-corrected chi connectivity index (χ1v) is 8.71. The molecule has 148 valence electrons. The van der Waals surface area contributed by atoms with Crippen molar-refractivity contribution in [1.29, 1.82) is 0 Å². The molecule has 1 aliphatic rings. The number of pyridine rings is 1. The third-order valence-corrected chi connectivity index (χ3v) is 4.91. The van der Waals surface area contributed by atoms with Crippen LogP contribution in [0.1, 0.15) is 39.4 Å². The number of hydrogen-bond donors (Lipinski definition) is 1. The highest BCUT2D eigenvalue weighted by Gasteiger charge is 2.39. The van der Waals surface area contributed by atoms with Gasteiger partial charge >= 0.3 is 12.1 Å². The van der Waals surface area contributed by atoms with Crippen molar-refractivity contribution in [2.75, 3.05) is 6.54 Å². The van der Waals surface area contributed by atoms with E-state index in [0.29, 0.717) is 18.7 Å². The number of halogens is 3. The zero-order chi connectivity index (χ0) is 20.2. The van der Waals surface area contributed by atoms with Crippen LogP contribution in [0.15, 0.2) is 47.6 Å². The smallest absolute Gasteiger partial charge is 0.418 e. The van der Waals surface area contributed by atoms with Gasteiger partial charge in [-0.3, -0.25) is 4.79 Å². The molecular formula is C18H13F3N6O2. The zero-order valence-electron chi connectivity index (χ0n) is 14.7. The Hall–Kier alpha value is -3.63. The number of carbonyl (C=O) groups excluding carboxylic acids is 1. The van der Waals surface area contributed by atoms with E-state index in [1.54, 1.807) is 0 Å². The first kappa shape index (κ1) is 17.5. The van der Waals surface area contributed by atoms with Gasteiger partial charge in [-0.1, -0.05) is 0 Å². The summed E-state index contributed by atoms with van der Waals surface area (Å²) in [5.74, 6) is -0.588. The summed E-state index contributed by atoms with van der Waals surface area (Å²) in [6.45, 7) is 0.307. The minimum Gasteiger partial charge on any atom is -0.441 e. The number of nitrogens with one attached hydrogen (secondary N) is 1. The maximum absolute atomic E-state index is 13.4. The van der Waals surface area contributed by atoms with Gasteiger partial charge in [0.05, 0.1) is 35.0 Å². The van der Waals surface area contributed by atoms with Crippen LogP contribution in [0.2, 0.25) is 0 Å². The van der Waals surface area contributed by atoms with Crippen LogP contribution >= 0.6 is 0 Å². The maximum Gasteiger partial charge on any atom is 0.418 e. The van der Waals surface area contributed by atoms with E-state index in [1.165, 1.54) is 42.0 Å². The molecule has 0 saturated heterocycles. The molecule has 1 amide bonds. The van der Waals surface area contributed by atoms with Gasteiger partial charge in [0.25, 0.3) is 5.89 Å². The van der Waals surface area contributed by atoms with E-state index >= 15 is 0 Å². The highest BCUT2D eigenvalue weighted by atomic mass is 19.4. The van der Waals surface area contributed by atoms with Gasteiger partial charge in [0.15, 0.2) is 0 Å². The Morgan fingerprint density at radius 1 is 1.31 bits per heavy atom. The molecule has 0 saturated carbocycles. The molecule has 4 aromatic heterocycles. The topological polar surface area (TPSA) is 92.3 Å². The number of oxazole rings is 1. The lowest BCUT2D eigenvalue weighted by molar-refractivity contribution is -0.136. The standard InChI is InChI=1S/C18H13F3N6O2/c19-18(20,21)10-2-1-5-27-13(10)8-12(25-27)15-14-11(23-9-24-14)3-6-26(15)17(28)16-22-4-7-29-16/h1-2,4-5,7-9,15H,3,6H2,(H,23,24)/t15-/m1/s1. The van der Waals surface area contributed by atoms with E-state index in [-0.39, 0.29) is 17.1 Å². The Morgan fingerprint density at radius 3 is 2.93 bits per heavy atom. The lowest BCUT2D eigenvalue weighted by atomic mass is 9.99. The monoisotopic (exact) mass is 402 g/mol. The molecule has 11 heteroatoms. The van der Waals surface area contributed by atoms with Crippen molar-refractivity contribution < 1.29 is 22.4 Å². The van der Waals surface area contributed by atoms with Crippen molar-refractivity contribution in [3.05, 3.63) is 71.7 Å². The number of aromatic amines is 1. The SMILES string of the molecule is O=C(c1ncco1)N1CCc2[nH]cnc2[C@H]1c1cc2c(C(F)(F)F)cccn2n1. The molecule has 0 radical (unpaired) electrons. The van der Waals surface area contributed by atoms with Crippen molar-refractivity contribution in [1.82, 2.24) is 29.5 Å². The first-order valence-electron chi connectivity index (χ1n) is 8.71. The molecule has 0 fully saturated rings. The van der Waals surface area contributed by atoms with Gasteiger partial charge in [0.1, 0.15) is 12.3 Å². The Bertz CT molecular complexity index is 1190. The zero-order valence-corrected chi connectivity index (χ0v) is 14.7. The van der Waals surface area contributed by atoms with E-state index in [2.05, 4.69) is 20.1 Å². The van der Waals surface area contributed by atoms with Crippen molar-refractivity contribution >= 4 is 11.4 Å². The number of aromatic nitrogens is 5. The fourth-order valence-corrected chi connectivity index (χ4v) is 3.65. The lowest BCUT2D eigenvalue weighted by Gasteiger charge is -2.32. The van der Waals surface area contributed by atoms with Crippen molar-refractivity contribution in [2.24, 2.45) is 0 Å². The first-order chi connectivity index (χ1) is 13.9. The average Bonchev–Trinajstić information content (AvgIpc) is 3.45. The molecule has 8 nitrogen and oxygen atoms in total. The Balaban J connectivity index is 1.66. The second-order valence-electron chi connectivity index (χ2n) is 6.57. The van der Waals surface area contributed by atoms with Crippen molar-refractivity contribution in [3.8, 4) is 0 Å². The Morgan fingerprint density at radius 2 is 2.17 bits per heavy atom. The van der Waals surface area contributed by atoms with Crippen LogP contribution in [-0.2, 0) is 12.6 Å². The van der Waals surface area contributed by atoms with E-state index in [4.69, 9.17) is 4.42 Å². The van der Waals surface area contributed by atoms with Gasteiger partial charge in [-0.15, -0.1) is 0 Å². The van der Waals surface area contributed by atoms with Gasteiger partial charge < -0.3 is 14.3 Å². The summed E-state index contributed by atoms with van der Waals surface area (Å²) in [5, 5.41) is 4.32. The van der Waals surface area contributed by atoms with Gasteiger partial charge in [-0.05, 0) is 18.2 Å². The molecule has 1 N–H and O–H groups in total. The Kier molecular flexibility index (Phi) is 3.73. The minimum atomic E-state index is -4.53. The molecule has 1 aliphatic heterocycles. The van der Waals surface area contributed by atoms with Crippen molar-refractivity contribution in [3.63, 3.8) is 0 Å². The second kappa shape index (κ2) is 6.19. The molecular weight excluding hydrogens is 389 g/mol. The third kappa shape index (κ3) is 2.77. The quantitative estimate of drug-likeness (QED) is 0.557. The van der Waals surface area contributed by atoms with Crippen LogP contribution in [0.5, 0.6) is 0 Å². The van der Waals surface area contributed by atoms with Gasteiger partial charge in [-0.2, -0.15) is 18.3 Å². The van der Waals surface area contributed by atoms with Crippen LogP contribution in [0.25, 0.3) is 5.52 Å². The van der Waals surface area contributed by atoms with Crippen LogP contribution in [0.3, 0.4) is 0 Å². The molecule has 0 aromatic carbocycles. The number of rotatable bonds is 2. The molecule has 1 atom stereocenters. The normalized spacial score (nSPS) is 16.9. The molecule has 5 heterocycles. The highest BCUT2D eigenvalue weighted by Crippen LogP contribution is 2.37. The van der Waals surface area contributed by atoms with E-state index in [9.17, 15) is 18.0 Å². The molecule has 29 heavy (non-hydrogen) atoms. The summed E-state index contributed by atoms with van der Waals surface area (Å²) in [4.78, 5) is 25.6. The summed E-state index contributed by atoms with van der Waals surface area (Å²) in [6.07, 6.45) is 1.55. The lowest BCUT2D eigenvalue weighted by Crippen LogP contribution is -2.41. The molecule has 5 rings (SSSR count). The van der Waals surface area contributed by atoms with E-state index in [0.717, 1.165) is 16.3 Å². The summed E-state index contributed by atoms with van der Waals surface area (Å²) >= 11 is 0. The second-order valence-corrected chi connectivity index (χ2v) is 6.57. The molecule has 0 bridgehead atoms. The fourth-order valence-electron chi connectivity index (χ4n) is 3.65. The number of H-pyrrole nitrogens is 1. The van der Waals surface area contributed by atoms with Gasteiger partial charge in [-0.25, -0.2) is 14.5 Å².